The molecular weight excluding hydrogens is 266 g/mol. The summed E-state index contributed by atoms with van der Waals surface area (Å²) in [5.74, 6) is 0.0984. The van der Waals surface area contributed by atoms with E-state index in [0.717, 1.165) is 31.6 Å². The van der Waals surface area contributed by atoms with Gasteiger partial charge in [-0.2, -0.15) is 0 Å². The molecule has 3 rings (SSSR count). The van der Waals surface area contributed by atoms with E-state index >= 15 is 0 Å². The first-order chi connectivity index (χ1) is 10.0. The molecule has 3 atom stereocenters. The first kappa shape index (κ1) is 14.4. The molecule has 2 saturated heterocycles. The smallest absolute Gasteiger partial charge is 0.308 e. The lowest BCUT2D eigenvalue weighted by Crippen LogP contribution is -2.35. The minimum Gasteiger partial charge on any atom is -0.492 e. The van der Waals surface area contributed by atoms with Crippen LogP contribution in [0, 0.1) is 19.8 Å². The van der Waals surface area contributed by atoms with Crippen molar-refractivity contribution >= 4 is 5.97 Å². The normalized spacial score (nSPS) is 28.0. The van der Waals surface area contributed by atoms with Gasteiger partial charge in [-0.05, 0) is 56.4 Å². The van der Waals surface area contributed by atoms with Crippen LogP contribution in [0.5, 0.6) is 5.75 Å². The summed E-state index contributed by atoms with van der Waals surface area (Å²) in [6.45, 7) is 5.59. The number of fused-ring (bicyclic) bond motifs is 2. The maximum atomic E-state index is 11.2. The Balaban J connectivity index is 1.55. The highest BCUT2D eigenvalue weighted by Gasteiger charge is 2.48. The van der Waals surface area contributed by atoms with Crippen LogP contribution in [-0.2, 0) is 4.79 Å². The van der Waals surface area contributed by atoms with Crippen molar-refractivity contribution in [3.8, 4) is 5.75 Å². The third-order valence-electron chi connectivity index (χ3n) is 4.81. The lowest BCUT2D eigenvalue weighted by molar-refractivity contribution is -0.142. The van der Waals surface area contributed by atoms with Crippen molar-refractivity contribution in [2.24, 2.45) is 5.92 Å². The first-order valence-corrected chi connectivity index (χ1v) is 7.74. The molecule has 1 N–H and O–H groups in total. The van der Waals surface area contributed by atoms with Gasteiger partial charge in [0.2, 0.25) is 0 Å². The Labute approximate surface area is 125 Å². The molecular formula is C17H23NO3. The van der Waals surface area contributed by atoms with Crippen molar-refractivity contribution in [2.45, 2.75) is 45.2 Å². The second-order valence-electron chi connectivity index (χ2n) is 6.39. The fourth-order valence-corrected chi connectivity index (χ4v) is 4.00. The van der Waals surface area contributed by atoms with E-state index in [1.807, 2.05) is 12.1 Å². The number of ether oxygens (including phenoxy) is 1. The van der Waals surface area contributed by atoms with Crippen molar-refractivity contribution in [3.05, 3.63) is 29.3 Å². The molecule has 4 heteroatoms. The van der Waals surface area contributed by atoms with Crippen molar-refractivity contribution in [1.82, 2.24) is 4.90 Å². The van der Waals surface area contributed by atoms with Gasteiger partial charge in [-0.15, -0.1) is 0 Å². The molecule has 0 amide bonds. The summed E-state index contributed by atoms with van der Waals surface area (Å²) in [5, 5.41) is 9.26. The Morgan fingerprint density at radius 2 is 2.00 bits per heavy atom. The average Bonchev–Trinajstić information content (AvgIpc) is 2.95. The predicted molar refractivity (Wildman–Crippen MR) is 80.7 cm³/mol. The lowest BCUT2D eigenvalue weighted by atomic mass is 9.89. The molecule has 2 bridgehead atoms. The van der Waals surface area contributed by atoms with Crippen LogP contribution in [0.4, 0.5) is 0 Å². The van der Waals surface area contributed by atoms with E-state index in [0.29, 0.717) is 12.6 Å². The van der Waals surface area contributed by atoms with Gasteiger partial charge < -0.3 is 9.84 Å². The first-order valence-electron chi connectivity index (χ1n) is 7.74. The van der Waals surface area contributed by atoms with Gasteiger partial charge >= 0.3 is 5.97 Å². The number of carbonyl (C=O) groups is 1. The number of benzene rings is 1. The second kappa shape index (κ2) is 5.68. The third-order valence-corrected chi connectivity index (χ3v) is 4.81. The Morgan fingerprint density at radius 1 is 1.29 bits per heavy atom. The molecule has 3 unspecified atom stereocenters. The highest BCUT2D eigenvalue weighted by atomic mass is 16.5. The number of carboxylic acid groups (broad SMARTS) is 1. The summed E-state index contributed by atoms with van der Waals surface area (Å²) in [4.78, 5) is 13.6. The number of rotatable bonds is 5. The monoisotopic (exact) mass is 289 g/mol. The Bertz CT molecular complexity index is 523. The number of hydrogen-bond donors (Lipinski definition) is 1. The molecule has 0 spiro atoms. The van der Waals surface area contributed by atoms with Gasteiger partial charge in [0.05, 0.1) is 5.92 Å². The van der Waals surface area contributed by atoms with E-state index < -0.39 is 5.97 Å². The van der Waals surface area contributed by atoms with Crippen LogP contribution >= 0.6 is 0 Å². The molecule has 2 fully saturated rings. The summed E-state index contributed by atoms with van der Waals surface area (Å²) < 4.78 is 5.86. The van der Waals surface area contributed by atoms with Crippen LogP contribution < -0.4 is 4.74 Å². The molecule has 21 heavy (non-hydrogen) atoms. The van der Waals surface area contributed by atoms with Gasteiger partial charge in [0.25, 0.3) is 0 Å². The van der Waals surface area contributed by atoms with Crippen molar-refractivity contribution in [2.75, 3.05) is 13.2 Å². The maximum Gasteiger partial charge on any atom is 0.308 e. The highest BCUT2D eigenvalue weighted by Crippen LogP contribution is 2.41. The molecule has 2 aliphatic rings. The van der Waals surface area contributed by atoms with Gasteiger partial charge in [0, 0.05) is 18.6 Å². The number of nitrogens with zero attached hydrogens (tertiary/aromatic N) is 1. The zero-order chi connectivity index (χ0) is 15.0. The highest BCUT2D eigenvalue weighted by molar-refractivity contribution is 5.71. The molecule has 0 radical (unpaired) electrons. The molecule has 0 aliphatic carbocycles. The number of aryl methyl sites for hydroxylation is 2. The number of aliphatic carboxylic acids is 1. The molecule has 2 aliphatic heterocycles. The summed E-state index contributed by atoms with van der Waals surface area (Å²) in [6, 6.07) is 6.89. The van der Waals surface area contributed by atoms with E-state index in [9.17, 15) is 9.90 Å². The minimum absolute atomic E-state index is 0.176. The lowest BCUT2D eigenvalue weighted by Gasteiger charge is -2.22. The minimum atomic E-state index is -0.637. The predicted octanol–water partition coefficient (Wildman–Crippen LogP) is 2.62. The zero-order valence-electron chi connectivity index (χ0n) is 12.7. The van der Waals surface area contributed by atoms with E-state index in [-0.39, 0.29) is 12.0 Å². The quantitative estimate of drug-likeness (QED) is 0.905. The molecule has 2 heterocycles. The summed E-state index contributed by atoms with van der Waals surface area (Å²) >= 11 is 0. The van der Waals surface area contributed by atoms with Gasteiger partial charge in [0.1, 0.15) is 12.4 Å². The maximum absolute atomic E-state index is 11.2. The summed E-state index contributed by atoms with van der Waals surface area (Å²) in [5.41, 5.74) is 2.41. The second-order valence-corrected chi connectivity index (χ2v) is 6.39. The van der Waals surface area contributed by atoms with Crippen LogP contribution in [0.15, 0.2) is 18.2 Å². The van der Waals surface area contributed by atoms with E-state index in [1.54, 1.807) is 0 Å². The summed E-state index contributed by atoms with van der Waals surface area (Å²) in [6.07, 6.45) is 2.97. The van der Waals surface area contributed by atoms with Gasteiger partial charge in [-0.1, -0.05) is 6.07 Å². The van der Waals surface area contributed by atoms with Crippen molar-refractivity contribution in [3.63, 3.8) is 0 Å². The fourth-order valence-electron chi connectivity index (χ4n) is 4.00. The van der Waals surface area contributed by atoms with Crippen LogP contribution in [-0.4, -0.2) is 41.2 Å². The Morgan fingerprint density at radius 3 is 2.62 bits per heavy atom. The largest absolute Gasteiger partial charge is 0.492 e. The molecule has 4 nitrogen and oxygen atoms in total. The van der Waals surface area contributed by atoms with Gasteiger partial charge in [-0.25, -0.2) is 0 Å². The van der Waals surface area contributed by atoms with Crippen molar-refractivity contribution < 1.29 is 14.6 Å². The van der Waals surface area contributed by atoms with Crippen LogP contribution in [0.3, 0.4) is 0 Å². The van der Waals surface area contributed by atoms with Crippen LogP contribution in [0.1, 0.15) is 30.4 Å². The third kappa shape index (κ3) is 2.91. The van der Waals surface area contributed by atoms with E-state index in [4.69, 9.17) is 4.74 Å². The standard InChI is InChI=1S/C17H23NO3/c1-11-7-12(2)9-14(8-11)21-6-5-18-13-3-4-16(18)15(10-13)17(19)20/h7-9,13,15-16H,3-6,10H2,1-2H3,(H,19,20). The van der Waals surface area contributed by atoms with Gasteiger partial charge in [0.15, 0.2) is 0 Å². The summed E-state index contributed by atoms with van der Waals surface area (Å²) in [7, 11) is 0. The topological polar surface area (TPSA) is 49.8 Å². The molecule has 1 aromatic rings. The Hall–Kier alpha value is -1.55. The van der Waals surface area contributed by atoms with Crippen LogP contribution in [0.2, 0.25) is 0 Å². The van der Waals surface area contributed by atoms with Crippen molar-refractivity contribution in [1.29, 1.82) is 0 Å². The molecule has 0 saturated carbocycles. The number of hydrogen-bond acceptors (Lipinski definition) is 3. The number of carboxylic acids is 1. The average molecular weight is 289 g/mol. The Kier molecular flexibility index (Phi) is 3.89. The molecule has 1 aromatic carbocycles. The SMILES string of the molecule is Cc1cc(C)cc(OCCN2C3CCC2C(C(=O)O)C3)c1. The van der Waals surface area contributed by atoms with E-state index in [2.05, 4.69) is 24.8 Å². The van der Waals surface area contributed by atoms with Crippen LogP contribution in [0.25, 0.3) is 0 Å². The fraction of sp³-hybridized carbons (Fsp3) is 0.588. The zero-order valence-corrected chi connectivity index (χ0v) is 12.7. The van der Waals surface area contributed by atoms with Gasteiger partial charge in [-0.3, -0.25) is 9.69 Å². The molecule has 0 aromatic heterocycles. The van der Waals surface area contributed by atoms with E-state index in [1.165, 1.54) is 11.1 Å². The molecule has 114 valence electrons.